The first-order valence-electron chi connectivity index (χ1n) is 9.03. The van der Waals surface area contributed by atoms with E-state index >= 15 is 0 Å². The second kappa shape index (κ2) is 6.18. The number of aromatic nitrogens is 2. The number of likely N-dealkylation sites (tertiary alicyclic amines) is 2. The van der Waals surface area contributed by atoms with Gasteiger partial charge in [0.25, 0.3) is 0 Å². The number of piperidine rings is 1. The van der Waals surface area contributed by atoms with Crippen molar-refractivity contribution in [2.75, 3.05) is 19.6 Å². The van der Waals surface area contributed by atoms with E-state index in [1.807, 2.05) is 9.80 Å². The Hall–Kier alpha value is -1.92. The van der Waals surface area contributed by atoms with E-state index < -0.39 is 0 Å². The van der Waals surface area contributed by atoms with Crippen molar-refractivity contribution in [3.8, 4) is 0 Å². The van der Waals surface area contributed by atoms with Crippen molar-refractivity contribution in [1.82, 2.24) is 19.9 Å². The van der Waals surface area contributed by atoms with Gasteiger partial charge in [0.15, 0.2) is 5.82 Å². The molecule has 24 heavy (non-hydrogen) atoms. The van der Waals surface area contributed by atoms with E-state index in [2.05, 4.69) is 10.1 Å². The van der Waals surface area contributed by atoms with E-state index in [0.29, 0.717) is 19.0 Å². The quantitative estimate of drug-likeness (QED) is 0.838. The Morgan fingerprint density at radius 2 is 1.79 bits per heavy atom. The summed E-state index contributed by atoms with van der Waals surface area (Å²) in [7, 11) is 0. The summed E-state index contributed by atoms with van der Waals surface area (Å²) in [6.07, 6.45) is 5.44. The maximum absolute atomic E-state index is 12.9. The van der Waals surface area contributed by atoms with Gasteiger partial charge in [-0.15, -0.1) is 0 Å². The van der Waals surface area contributed by atoms with Gasteiger partial charge in [0, 0.05) is 38.4 Å². The molecular weight excluding hydrogens is 308 g/mol. The van der Waals surface area contributed by atoms with Crippen LogP contribution in [0, 0.1) is 12.8 Å². The molecule has 1 atom stereocenters. The zero-order valence-corrected chi connectivity index (χ0v) is 14.1. The molecule has 3 aliphatic rings. The number of nitrogens with zero attached hydrogens (tertiary/aromatic N) is 4. The van der Waals surface area contributed by atoms with E-state index in [-0.39, 0.29) is 29.7 Å². The van der Waals surface area contributed by atoms with Crippen LogP contribution in [0.5, 0.6) is 0 Å². The fourth-order valence-corrected chi connectivity index (χ4v) is 3.90. The topological polar surface area (TPSA) is 79.5 Å². The monoisotopic (exact) mass is 332 g/mol. The minimum absolute atomic E-state index is 0.129. The van der Waals surface area contributed by atoms with Crippen molar-refractivity contribution in [1.29, 1.82) is 0 Å². The first-order valence-corrected chi connectivity index (χ1v) is 9.03. The van der Waals surface area contributed by atoms with Gasteiger partial charge < -0.3 is 14.3 Å². The van der Waals surface area contributed by atoms with Gasteiger partial charge in [0.05, 0.1) is 0 Å². The third-order valence-corrected chi connectivity index (χ3v) is 5.46. The summed E-state index contributed by atoms with van der Waals surface area (Å²) in [6, 6.07) is -0.234. The number of rotatable bonds is 3. The number of aryl methyl sites for hydroxylation is 1. The molecule has 0 spiro atoms. The van der Waals surface area contributed by atoms with Gasteiger partial charge in [-0.2, -0.15) is 4.98 Å². The highest BCUT2D eigenvalue weighted by Crippen LogP contribution is 2.34. The van der Waals surface area contributed by atoms with Crippen molar-refractivity contribution < 1.29 is 14.1 Å². The summed E-state index contributed by atoms with van der Waals surface area (Å²) in [5, 5.41) is 4.01. The fraction of sp³-hybridized carbons (Fsp3) is 0.765. The van der Waals surface area contributed by atoms with Crippen LogP contribution in [0.15, 0.2) is 4.52 Å². The van der Waals surface area contributed by atoms with Crippen LogP contribution >= 0.6 is 0 Å². The largest absolute Gasteiger partial charge is 0.341 e. The Labute approximate surface area is 141 Å². The minimum Gasteiger partial charge on any atom is -0.341 e. The van der Waals surface area contributed by atoms with Crippen LogP contribution in [0.4, 0.5) is 0 Å². The molecule has 0 aromatic carbocycles. The average molecular weight is 332 g/mol. The lowest BCUT2D eigenvalue weighted by Crippen LogP contribution is -2.50. The van der Waals surface area contributed by atoms with E-state index in [0.717, 1.165) is 50.9 Å². The van der Waals surface area contributed by atoms with E-state index in [1.165, 1.54) is 0 Å². The molecule has 0 unspecified atom stereocenters. The van der Waals surface area contributed by atoms with Gasteiger partial charge in [-0.1, -0.05) is 5.16 Å². The van der Waals surface area contributed by atoms with Gasteiger partial charge in [-0.05, 0) is 38.5 Å². The second-order valence-corrected chi connectivity index (χ2v) is 7.24. The molecule has 1 aliphatic carbocycles. The van der Waals surface area contributed by atoms with Crippen LogP contribution in [-0.2, 0) is 9.59 Å². The van der Waals surface area contributed by atoms with Gasteiger partial charge in [-0.25, -0.2) is 0 Å². The third kappa shape index (κ3) is 2.91. The van der Waals surface area contributed by atoms with Gasteiger partial charge >= 0.3 is 0 Å². The van der Waals surface area contributed by atoms with Gasteiger partial charge in [0.2, 0.25) is 17.7 Å². The van der Waals surface area contributed by atoms with Gasteiger partial charge in [0.1, 0.15) is 6.04 Å². The highest BCUT2D eigenvalue weighted by atomic mass is 16.5. The molecule has 0 N–H and O–H groups in total. The fourth-order valence-electron chi connectivity index (χ4n) is 3.90. The number of amides is 2. The lowest BCUT2D eigenvalue weighted by Gasteiger charge is -2.34. The first kappa shape index (κ1) is 15.6. The predicted octanol–water partition coefficient (Wildman–Crippen LogP) is 1.49. The zero-order valence-electron chi connectivity index (χ0n) is 14.1. The Morgan fingerprint density at radius 3 is 2.42 bits per heavy atom. The molecule has 7 nitrogen and oxygen atoms in total. The Kier molecular flexibility index (Phi) is 4.02. The van der Waals surface area contributed by atoms with Crippen molar-refractivity contribution in [3.63, 3.8) is 0 Å². The van der Waals surface area contributed by atoms with E-state index in [4.69, 9.17) is 4.52 Å². The molecule has 3 heterocycles. The summed E-state index contributed by atoms with van der Waals surface area (Å²) in [5.74, 6) is 2.12. The smallest absolute Gasteiger partial charge is 0.245 e. The maximum Gasteiger partial charge on any atom is 0.245 e. The zero-order chi connectivity index (χ0) is 16.7. The van der Waals surface area contributed by atoms with Crippen molar-refractivity contribution in [2.24, 2.45) is 5.92 Å². The average Bonchev–Trinajstić information content (AvgIpc) is 3.17. The number of carbonyl (C=O) groups is 2. The summed E-state index contributed by atoms with van der Waals surface area (Å²) in [5.41, 5.74) is 0. The molecular formula is C17H24N4O3. The summed E-state index contributed by atoms with van der Waals surface area (Å²) >= 11 is 0. The SMILES string of the molecule is Cc1nc(C2CCN(C(=O)[C@H]3CCCN3C(=O)C3CC3)CC2)no1. The highest BCUT2D eigenvalue weighted by molar-refractivity contribution is 5.90. The molecule has 1 aromatic rings. The molecule has 130 valence electrons. The molecule has 2 amide bonds. The van der Waals surface area contributed by atoms with Crippen LogP contribution in [0.1, 0.15) is 56.2 Å². The first-order chi connectivity index (χ1) is 11.6. The van der Waals surface area contributed by atoms with E-state index in [1.54, 1.807) is 6.92 Å². The van der Waals surface area contributed by atoms with Crippen LogP contribution < -0.4 is 0 Å². The highest BCUT2D eigenvalue weighted by Gasteiger charge is 2.42. The van der Waals surface area contributed by atoms with Crippen molar-refractivity contribution >= 4 is 11.8 Å². The normalized spacial score (nSPS) is 25.3. The maximum atomic E-state index is 12.9. The summed E-state index contributed by atoms with van der Waals surface area (Å²) in [6.45, 7) is 3.95. The van der Waals surface area contributed by atoms with Crippen molar-refractivity contribution in [3.05, 3.63) is 11.7 Å². The lowest BCUT2D eigenvalue weighted by atomic mass is 9.95. The van der Waals surface area contributed by atoms with Crippen molar-refractivity contribution in [2.45, 2.75) is 57.4 Å². The van der Waals surface area contributed by atoms with Crippen LogP contribution in [0.3, 0.4) is 0 Å². The summed E-state index contributed by atoms with van der Waals surface area (Å²) in [4.78, 5) is 33.3. The lowest BCUT2D eigenvalue weighted by molar-refractivity contribution is -0.145. The molecule has 0 radical (unpaired) electrons. The third-order valence-electron chi connectivity index (χ3n) is 5.46. The predicted molar refractivity (Wildman–Crippen MR) is 85.0 cm³/mol. The minimum atomic E-state index is -0.234. The van der Waals surface area contributed by atoms with Crippen LogP contribution in [0.25, 0.3) is 0 Å². The van der Waals surface area contributed by atoms with Crippen LogP contribution in [0.2, 0.25) is 0 Å². The molecule has 0 bridgehead atoms. The number of carbonyl (C=O) groups excluding carboxylic acids is 2. The molecule has 2 saturated heterocycles. The molecule has 7 heteroatoms. The standard InChI is InChI=1S/C17H24N4O3/c1-11-18-15(19-24-11)12-6-9-20(10-7-12)17(23)14-3-2-8-21(14)16(22)13-4-5-13/h12-14H,2-10H2,1H3/t14-/m1/s1. The molecule has 1 aromatic heterocycles. The summed E-state index contributed by atoms with van der Waals surface area (Å²) < 4.78 is 5.06. The molecule has 1 saturated carbocycles. The number of hydrogen-bond donors (Lipinski definition) is 0. The molecule has 3 fully saturated rings. The number of hydrogen-bond acceptors (Lipinski definition) is 5. The Bertz CT molecular complexity index is 632. The molecule has 4 rings (SSSR count). The van der Waals surface area contributed by atoms with E-state index in [9.17, 15) is 9.59 Å². The van der Waals surface area contributed by atoms with Gasteiger partial charge in [-0.3, -0.25) is 9.59 Å². The second-order valence-electron chi connectivity index (χ2n) is 7.24. The Balaban J connectivity index is 1.36. The Morgan fingerprint density at radius 1 is 1.04 bits per heavy atom. The van der Waals surface area contributed by atoms with Crippen LogP contribution in [-0.4, -0.2) is 57.4 Å². The molecule has 2 aliphatic heterocycles.